The Bertz CT molecular complexity index is 581. The van der Waals surface area contributed by atoms with Gasteiger partial charge in [-0.2, -0.15) is 0 Å². The summed E-state index contributed by atoms with van der Waals surface area (Å²) in [5, 5.41) is 0.617. The van der Waals surface area contributed by atoms with E-state index in [2.05, 4.69) is 4.90 Å². The summed E-state index contributed by atoms with van der Waals surface area (Å²) < 4.78 is 0. The summed E-state index contributed by atoms with van der Waals surface area (Å²) in [6, 6.07) is 7.09. The minimum atomic E-state index is -0.0385. The first kappa shape index (κ1) is 16.5. The first-order valence-electron chi connectivity index (χ1n) is 8.35. The van der Waals surface area contributed by atoms with Crippen molar-refractivity contribution in [2.24, 2.45) is 0 Å². The highest BCUT2D eigenvalue weighted by molar-refractivity contribution is 6.30. The van der Waals surface area contributed by atoms with Crippen molar-refractivity contribution in [1.29, 1.82) is 0 Å². The molecule has 1 saturated carbocycles. The number of carbonyl (C=O) groups is 2. The predicted molar refractivity (Wildman–Crippen MR) is 90.8 cm³/mol. The summed E-state index contributed by atoms with van der Waals surface area (Å²) in [4.78, 5) is 28.9. The Morgan fingerprint density at radius 1 is 1.13 bits per heavy atom. The Morgan fingerprint density at radius 3 is 2.43 bits per heavy atom. The third-order valence-corrected chi connectivity index (χ3v) is 5.34. The molecule has 1 heterocycles. The standard InChI is InChI=1S/C18H23ClN2O2/c1-20(18(23)13-5-7-14(19)8-6-13)16-11-15(22)12-17(16)21-9-3-2-4-10-21/h5-8,16-17H,2-4,9-12H2,1H3. The number of benzene rings is 1. The summed E-state index contributed by atoms with van der Waals surface area (Å²) in [6.45, 7) is 2.08. The molecule has 124 valence electrons. The molecule has 0 radical (unpaired) electrons. The second kappa shape index (κ2) is 7.02. The Hall–Kier alpha value is -1.39. The second-order valence-electron chi connectivity index (χ2n) is 6.60. The molecule has 2 unspecified atom stereocenters. The molecule has 2 atom stereocenters. The highest BCUT2D eigenvalue weighted by atomic mass is 35.5. The second-order valence-corrected chi connectivity index (χ2v) is 7.04. The van der Waals surface area contributed by atoms with E-state index in [4.69, 9.17) is 11.6 Å². The minimum absolute atomic E-state index is 0.0243. The molecular formula is C18H23ClN2O2. The number of nitrogens with zero attached hydrogens (tertiary/aromatic N) is 2. The molecule has 0 N–H and O–H groups in total. The van der Waals surface area contributed by atoms with Crippen molar-refractivity contribution in [2.45, 2.75) is 44.2 Å². The summed E-state index contributed by atoms with van der Waals surface area (Å²) in [5.74, 6) is 0.227. The highest BCUT2D eigenvalue weighted by Crippen LogP contribution is 2.29. The van der Waals surface area contributed by atoms with Gasteiger partial charge in [0.25, 0.3) is 5.91 Å². The zero-order chi connectivity index (χ0) is 16.4. The lowest BCUT2D eigenvalue weighted by atomic mass is 10.0. The first-order valence-corrected chi connectivity index (χ1v) is 8.72. The van der Waals surface area contributed by atoms with Crippen LogP contribution < -0.4 is 0 Å². The molecule has 4 nitrogen and oxygen atoms in total. The van der Waals surface area contributed by atoms with E-state index in [9.17, 15) is 9.59 Å². The molecule has 5 heteroatoms. The number of halogens is 1. The Balaban J connectivity index is 1.75. The number of carbonyl (C=O) groups excluding carboxylic acids is 2. The van der Waals surface area contributed by atoms with Crippen molar-refractivity contribution in [3.05, 3.63) is 34.9 Å². The van der Waals surface area contributed by atoms with Gasteiger partial charge in [0.15, 0.2) is 0 Å². The van der Waals surface area contributed by atoms with Crippen LogP contribution in [-0.4, -0.2) is 53.7 Å². The summed E-state index contributed by atoms with van der Waals surface area (Å²) in [6.07, 6.45) is 4.68. The lowest BCUT2D eigenvalue weighted by Gasteiger charge is -2.38. The van der Waals surface area contributed by atoms with E-state index in [0.29, 0.717) is 23.4 Å². The van der Waals surface area contributed by atoms with Crippen molar-refractivity contribution in [1.82, 2.24) is 9.80 Å². The van der Waals surface area contributed by atoms with Crippen molar-refractivity contribution < 1.29 is 9.59 Å². The predicted octanol–water partition coefficient (Wildman–Crippen LogP) is 3.00. The van der Waals surface area contributed by atoms with Crippen LogP contribution in [0.3, 0.4) is 0 Å². The number of likely N-dealkylation sites (tertiary alicyclic amines) is 1. The SMILES string of the molecule is CN(C(=O)c1ccc(Cl)cc1)C1CC(=O)CC1N1CCCCC1. The van der Waals surface area contributed by atoms with Gasteiger partial charge in [0.1, 0.15) is 5.78 Å². The van der Waals surface area contributed by atoms with Crippen molar-refractivity contribution in [2.75, 3.05) is 20.1 Å². The highest BCUT2D eigenvalue weighted by Gasteiger charge is 2.40. The molecule has 3 rings (SSSR count). The maximum absolute atomic E-state index is 12.7. The van der Waals surface area contributed by atoms with E-state index < -0.39 is 0 Å². The summed E-state index contributed by atoms with van der Waals surface area (Å²) >= 11 is 5.89. The average Bonchev–Trinajstić information content (AvgIpc) is 2.97. The summed E-state index contributed by atoms with van der Waals surface area (Å²) in [5.41, 5.74) is 0.619. The van der Waals surface area contributed by atoms with Crippen molar-refractivity contribution in [3.8, 4) is 0 Å². The summed E-state index contributed by atoms with van der Waals surface area (Å²) in [7, 11) is 1.82. The van der Waals surface area contributed by atoms with Crippen LogP contribution in [0.2, 0.25) is 5.02 Å². The largest absolute Gasteiger partial charge is 0.337 e. The lowest BCUT2D eigenvalue weighted by Crippen LogP contribution is -2.50. The first-order chi connectivity index (χ1) is 11.1. The fourth-order valence-corrected chi connectivity index (χ4v) is 3.91. The van der Waals surface area contributed by atoms with E-state index in [-0.39, 0.29) is 23.8 Å². The average molecular weight is 335 g/mol. The number of hydrogen-bond donors (Lipinski definition) is 0. The molecule has 23 heavy (non-hydrogen) atoms. The van der Waals surface area contributed by atoms with Gasteiger partial charge in [-0.05, 0) is 50.2 Å². The molecule has 1 aliphatic heterocycles. The van der Waals surface area contributed by atoms with Crippen LogP contribution in [0.15, 0.2) is 24.3 Å². The van der Waals surface area contributed by atoms with E-state index >= 15 is 0 Å². The van der Waals surface area contributed by atoms with E-state index in [1.807, 2.05) is 7.05 Å². The van der Waals surface area contributed by atoms with Crippen molar-refractivity contribution in [3.63, 3.8) is 0 Å². The van der Waals surface area contributed by atoms with Gasteiger partial charge in [-0.3, -0.25) is 14.5 Å². The molecule has 0 bridgehead atoms. The van der Waals surface area contributed by atoms with Gasteiger partial charge in [0, 0.05) is 36.5 Å². The minimum Gasteiger partial charge on any atom is -0.337 e. The van der Waals surface area contributed by atoms with Crippen LogP contribution >= 0.6 is 11.6 Å². The zero-order valence-corrected chi connectivity index (χ0v) is 14.3. The van der Waals surface area contributed by atoms with Crippen LogP contribution in [0.1, 0.15) is 42.5 Å². The zero-order valence-electron chi connectivity index (χ0n) is 13.5. The van der Waals surface area contributed by atoms with Crippen LogP contribution in [0.25, 0.3) is 0 Å². The molecule has 1 saturated heterocycles. The molecule has 1 aromatic carbocycles. The molecule has 2 fully saturated rings. The van der Waals surface area contributed by atoms with Crippen LogP contribution in [0.5, 0.6) is 0 Å². The maximum Gasteiger partial charge on any atom is 0.253 e. The molecule has 1 aromatic rings. The van der Waals surface area contributed by atoms with Gasteiger partial charge in [0.05, 0.1) is 6.04 Å². The molecule has 0 aromatic heterocycles. The van der Waals surface area contributed by atoms with Gasteiger partial charge in [-0.15, -0.1) is 0 Å². The topological polar surface area (TPSA) is 40.6 Å². The Kier molecular flexibility index (Phi) is 5.02. The van der Waals surface area contributed by atoms with Gasteiger partial charge in [0.2, 0.25) is 0 Å². The fourth-order valence-electron chi connectivity index (χ4n) is 3.79. The van der Waals surface area contributed by atoms with Gasteiger partial charge in [-0.1, -0.05) is 18.0 Å². The quantitative estimate of drug-likeness (QED) is 0.853. The third kappa shape index (κ3) is 3.59. The Labute approximate surface area is 142 Å². The van der Waals surface area contributed by atoms with Gasteiger partial charge in [-0.25, -0.2) is 0 Å². The monoisotopic (exact) mass is 334 g/mol. The Morgan fingerprint density at radius 2 is 1.78 bits per heavy atom. The smallest absolute Gasteiger partial charge is 0.253 e. The molecule has 2 aliphatic rings. The van der Waals surface area contributed by atoms with E-state index in [0.717, 1.165) is 13.1 Å². The molecule has 0 spiro atoms. The number of piperidine rings is 1. The van der Waals surface area contributed by atoms with Gasteiger partial charge < -0.3 is 4.90 Å². The van der Waals surface area contributed by atoms with E-state index in [1.165, 1.54) is 19.3 Å². The molecular weight excluding hydrogens is 312 g/mol. The maximum atomic E-state index is 12.7. The fraction of sp³-hybridized carbons (Fsp3) is 0.556. The van der Waals surface area contributed by atoms with E-state index in [1.54, 1.807) is 29.2 Å². The normalized spacial score (nSPS) is 25.6. The lowest BCUT2D eigenvalue weighted by molar-refractivity contribution is -0.117. The van der Waals surface area contributed by atoms with Crippen LogP contribution in [0, 0.1) is 0 Å². The number of ketones is 1. The number of rotatable bonds is 3. The van der Waals surface area contributed by atoms with Crippen LogP contribution in [0.4, 0.5) is 0 Å². The third-order valence-electron chi connectivity index (χ3n) is 5.09. The molecule has 1 aliphatic carbocycles. The number of likely N-dealkylation sites (N-methyl/N-ethyl adjacent to an activating group) is 1. The number of hydrogen-bond acceptors (Lipinski definition) is 3. The number of amides is 1. The number of Topliss-reactive ketones (excluding diaryl/α,β-unsaturated/α-hetero) is 1. The van der Waals surface area contributed by atoms with Crippen molar-refractivity contribution >= 4 is 23.3 Å². The van der Waals surface area contributed by atoms with Gasteiger partial charge >= 0.3 is 0 Å². The van der Waals surface area contributed by atoms with Crippen LogP contribution in [-0.2, 0) is 4.79 Å². The molecule has 1 amide bonds.